The molecule has 6 unspecified atom stereocenters. The Morgan fingerprint density at radius 3 is 1.26 bits per heavy atom. The Kier molecular flexibility index (Phi) is 17.2. The van der Waals surface area contributed by atoms with E-state index in [2.05, 4.69) is 26.3 Å². The van der Waals surface area contributed by atoms with Crippen molar-refractivity contribution < 1.29 is 128 Å². The van der Waals surface area contributed by atoms with Crippen molar-refractivity contribution in [2.75, 3.05) is 12.0 Å². The van der Waals surface area contributed by atoms with Crippen LogP contribution in [-0.2, 0) is 58.5 Å². The van der Waals surface area contributed by atoms with E-state index in [-0.39, 0.29) is 6.42 Å². The Labute approximate surface area is 259 Å². The highest BCUT2D eigenvalue weighted by Gasteiger charge is 2.60. The summed E-state index contributed by atoms with van der Waals surface area (Å²) in [5, 5.41) is 57.9. The summed E-state index contributed by atoms with van der Waals surface area (Å²) < 4.78 is 85.0. The van der Waals surface area contributed by atoms with Crippen LogP contribution in [0.25, 0.3) is 0 Å². The number of carbonyl (C=O) groups excluding carboxylic acids is 1. The van der Waals surface area contributed by atoms with E-state index in [1.54, 1.807) is 6.26 Å². The Bertz CT molecular complexity index is 1250. The number of phosphoric acid groups is 6. The number of aliphatic hydroxyl groups excluding tert-OH is 5. The molecule has 0 aromatic heterocycles. The minimum Gasteiger partial charge on any atom is -0.426 e. The molecule has 1 aliphatic carbocycles. The molecule has 1 saturated carbocycles. The topological polar surface area (TPSA) is 484 Å². The summed E-state index contributed by atoms with van der Waals surface area (Å²) in [4.78, 5) is 79.8. The Hall–Kier alpha value is 0.400. The number of hydrogen-bond acceptors (Lipinski definition) is 21. The predicted molar refractivity (Wildman–Crippen MR) is 141 cm³/mol. The van der Waals surface area contributed by atoms with E-state index in [4.69, 9.17) is 44.9 Å². The first-order valence-corrected chi connectivity index (χ1v) is 21.2. The zero-order valence-electron chi connectivity index (χ0n) is 22.1. The van der Waals surface area contributed by atoms with Gasteiger partial charge in [0.2, 0.25) is 0 Å². The molecule has 28 nitrogen and oxygen atoms in total. The van der Waals surface area contributed by atoms with E-state index in [0.717, 1.165) is 0 Å². The van der Waals surface area contributed by atoms with Gasteiger partial charge in [0.1, 0.15) is 24.4 Å². The smallest absolute Gasteiger partial charge is 0.426 e. The van der Waals surface area contributed by atoms with Crippen LogP contribution in [0.2, 0.25) is 0 Å². The number of thioether (sulfide) groups is 1. The monoisotopic (exact) mass is 825 g/mol. The lowest BCUT2D eigenvalue weighted by molar-refractivity contribution is -0.348. The van der Waals surface area contributed by atoms with Crippen LogP contribution in [0.5, 0.6) is 0 Å². The van der Waals surface area contributed by atoms with Crippen molar-refractivity contribution in [2.24, 2.45) is 5.73 Å². The van der Waals surface area contributed by atoms with Crippen molar-refractivity contribution in [3.63, 3.8) is 0 Å². The summed E-state index contributed by atoms with van der Waals surface area (Å²) in [6, 6.07) is -1.11. The molecule has 0 amide bonds. The first-order chi connectivity index (χ1) is 20.2. The number of rotatable bonds is 15. The van der Waals surface area contributed by atoms with Gasteiger partial charge < -0.3 is 80.3 Å². The predicted octanol–water partition coefficient (Wildman–Crippen LogP) is -4.23. The van der Waals surface area contributed by atoms with E-state index < -0.39 is 95.3 Å². The van der Waals surface area contributed by atoms with Crippen molar-refractivity contribution in [1.29, 1.82) is 0 Å². The third kappa shape index (κ3) is 16.4. The standard InChI is InChI=1S/C11H21NO8S.H8O19P6/c1-21-3-2-4(12)10(18)20-11(19)8(16)6(14)5(13)7(15)9(11)17;1-20(2,3)15-22(7,8)17-24(11,12)19-25(13,14)18-23(9,10)16-21(4,5)6/h4-9,13-17,19H,2-3,12H2,1H3;(H,7,8)(H,9,10)(H,11,12)(H,13,14)(H2,1,2,3)(H2,4,5,6)/t4-,5?,6-,7+,8+,9+,11?;/m0./s1. The Morgan fingerprint density at radius 1 is 0.674 bits per heavy atom. The number of carbonyl (C=O) groups is 1. The van der Waals surface area contributed by atoms with Crippen molar-refractivity contribution in [2.45, 2.75) is 48.8 Å². The molecule has 1 rings (SSSR count). The fourth-order valence-corrected chi connectivity index (χ4v) is 10.00. The average molecular weight is 825 g/mol. The largest absolute Gasteiger partial charge is 0.490 e. The summed E-state index contributed by atoms with van der Waals surface area (Å²) in [5.74, 6) is -3.53. The fourth-order valence-electron chi connectivity index (χ4n) is 2.68. The molecule has 0 saturated heterocycles. The van der Waals surface area contributed by atoms with Gasteiger partial charge in [-0.3, -0.25) is 4.79 Å². The molecule has 276 valence electrons. The third-order valence-electron chi connectivity index (χ3n) is 4.43. The fraction of sp³-hybridized carbons (Fsp3) is 0.909. The molecule has 0 radical (unpaired) electrons. The van der Waals surface area contributed by atoms with Crippen LogP contribution in [0.3, 0.4) is 0 Å². The molecule has 1 fully saturated rings. The lowest BCUT2D eigenvalue weighted by Crippen LogP contribution is -2.72. The van der Waals surface area contributed by atoms with Crippen LogP contribution < -0.4 is 5.73 Å². The number of nitrogens with two attached hydrogens (primary N) is 1. The molecule has 11 atom stereocenters. The summed E-state index contributed by atoms with van der Waals surface area (Å²) in [5.41, 5.74) is 5.53. The molecule has 1 aliphatic rings. The molecule has 46 heavy (non-hydrogen) atoms. The van der Waals surface area contributed by atoms with Gasteiger partial charge in [-0.2, -0.15) is 33.3 Å². The number of hydrogen-bond donors (Lipinski definition) is 15. The van der Waals surface area contributed by atoms with Crippen LogP contribution in [0.4, 0.5) is 0 Å². The summed E-state index contributed by atoms with van der Waals surface area (Å²) in [7, 11) is -36.2. The van der Waals surface area contributed by atoms with Gasteiger partial charge in [0.25, 0.3) is 5.79 Å². The average Bonchev–Trinajstić information content (AvgIpc) is 2.78. The first-order valence-electron chi connectivity index (χ1n) is 10.8. The van der Waals surface area contributed by atoms with E-state index in [1.807, 2.05) is 0 Å². The van der Waals surface area contributed by atoms with E-state index in [1.165, 1.54) is 11.8 Å². The SMILES string of the molecule is CSCC[C@H](N)C(=O)OC1(O)[C@H](O)[C@H](O)C(O)[C@H](O)[C@H]1O.O=P(O)(O)OP(=O)(O)OP(=O)(O)OP(=O)(O)OP(=O)(O)OP(=O)(O)O. The Balaban J connectivity index is 0.000000892. The van der Waals surface area contributed by atoms with Crippen LogP contribution in [0.15, 0.2) is 0 Å². The second-order valence-electron chi connectivity index (χ2n) is 8.19. The van der Waals surface area contributed by atoms with Crippen LogP contribution in [0.1, 0.15) is 6.42 Å². The third-order valence-corrected chi connectivity index (χ3v) is 13.4. The first kappa shape index (κ1) is 46.4. The molecule has 0 aromatic rings. The van der Waals surface area contributed by atoms with Crippen molar-refractivity contribution in [1.82, 2.24) is 0 Å². The zero-order chi connectivity index (χ0) is 36.9. The highest BCUT2D eigenvalue weighted by molar-refractivity contribution is 7.98. The number of aliphatic hydroxyl groups is 6. The van der Waals surface area contributed by atoms with Crippen molar-refractivity contribution in [3.05, 3.63) is 0 Å². The molecule has 35 heteroatoms. The molecule has 0 spiro atoms. The van der Waals surface area contributed by atoms with Crippen molar-refractivity contribution in [3.8, 4) is 0 Å². The van der Waals surface area contributed by atoms with Gasteiger partial charge in [-0.05, 0) is 18.4 Å². The van der Waals surface area contributed by atoms with Gasteiger partial charge in [-0.1, -0.05) is 0 Å². The molecular weight excluding hydrogens is 796 g/mol. The van der Waals surface area contributed by atoms with Gasteiger partial charge in [0.15, 0.2) is 12.2 Å². The highest BCUT2D eigenvalue weighted by Crippen LogP contribution is 2.74. The summed E-state index contributed by atoms with van der Waals surface area (Å²) in [6.45, 7) is 0. The lowest BCUT2D eigenvalue weighted by atomic mass is 9.82. The molecule has 0 heterocycles. The maximum Gasteiger partial charge on any atom is 0.490 e. The highest BCUT2D eigenvalue weighted by atomic mass is 32.2. The quantitative estimate of drug-likeness (QED) is 0.0422. The van der Waals surface area contributed by atoms with Gasteiger partial charge in [0, 0.05) is 0 Å². The lowest BCUT2D eigenvalue weighted by Gasteiger charge is -2.46. The zero-order valence-corrected chi connectivity index (χ0v) is 28.3. The van der Waals surface area contributed by atoms with Crippen LogP contribution in [0, 0.1) is 0 Å². The number of ether oxygens (including phenoxy) is 1. The van der Waals surface area contributed by atoms with Crippen molar-refractivity contribution >= 4 is 64.7 Å². The second-order valence-corrected chi connectivity index (χ2v) is 18.1. The van der Waals surface area contributed by atoms with Gasteiger partial charge >= 0.3 is 52.9 Å². The maximum absolute atomic E-state index is 11.7. The summed E-state index contributed by atoms with van der Waals surface area (Å²) in [6.07, 6.45) is -8.30. The van der Waals surface area contributed by atoms with Gasteiger partial charge in [-0.15, -0.1) is 0 Å². The second kappa shape index (κ2) is 17.1. The van der Waals surface area contributed by atoms with Crippen LogP contribution >= 0.6 is 58.7 Å². The molecular formula is C11H29NO27P6S. The minimum absolute atomic E-state index is 0.232. The molecule has 0 bridgehead atoms. The van der Waals surface area contributed by atoms with Crippen LogP contribution in [-0.4, -0.2) is 130 Å². The molecule has 16 N–H and O–H groups in total. The van der Waals surface area contributed by atoms with E-state index in [9.17, 15) is 62.8 Å². The van der Waals surface area contributed by atoms with Gasteiger partial charge in [-0.25, -0.2) is 27.4 Å². The molecule has 0 aliphatic heterocycles. The van der Waals surface area contributed by atoms with E-state index >= 15 is 0 Å². The van der Waals surface area contributed by atoms with Gasteiger partial charge in [0.05, 0.1) is 0 Å². The normalized spacial score (nSPS) is 31.5. The maximum atomic E-state index is 11.7. The number of esters is 1. The summed E-state index contributed by atoms with van der Waals surface area (Å²) >= 11 is 1.43. The Morgan fingerprint density at radius 2 is 0.978 bits per heavy atom. The van der Waals surface area contributed by atoms with E-state index in [0.29, 0.717) is 5.75 Å². The minimum atomic E-state index is -6.26. The molecule has 0 aromatic carbocycles.